The molecule has 0 saturated heterocycles. The molecule has 0 aliphatic rings. The van der Waals surface area contributed by atoms with Crippen molar-refractivity contribution in [1.82, 2.24) is 14.9 Å². The van der Waals surface area contributed by atoms with Gasteiger partial charge >= 0.3 is 0 Å². The van der Waals surface area contributed by atoms with Crippen molar-refractivity contribution in [2.45, 2.75) is 19.4 Å². The van der Waals surface area contributed by atoms with Crippen molar-refractivity contribution in [3.05, 3.63) is 24.0 Å². The Morgan fingerprint density at radius 3 is 2.95 bits per heavy atom. The third-order valence-corrected chi connectivity index (χ3v) is 3.39. The van der Waals surface area contributed by atoms with Crippen LogP contribution in [-0.4, -0.2) is 35.5 Å². The second kappa shape index (κ2) is 6.61. The topological polar surface area (TPSA) is 56.2 Å². The lowest BCUT2D eigenvalue weighted by Crippen LogP contribution is -2.20. The van der Waals surface area contributed by atoms with Crippen molar-refractivity contribution >= 4 is 28.5 Å². The standard InChI is InChI=1S/C14H18ClN3O2/c1-16-13(19)7-9-18-10-4-3-5-11(20-2)14(10)17-12(18)6-8-15/h3-5H,6-9H2,1-2H3,(H,16,19). The molecule has 0 spiro atoms. The van der Waals surface area contributed by atoms with Crippen molar-refractivity contribution < 1.29 is 9.53 Å². The molecular formula is C14H18ClN3O2. The smallest absolute Gasteiger partial charge is 0.221 e. The monoisotopic (exact) mass is 295 g/mol. The number of aryl methyl sites for hydroxylation is 2. The van der Waals surface area contributed by atoms with Gasteiger partial charge in [-0.3, -0.25) is 4.79 Å². The molecule has 0 atom stereocenters. The number of benzene rings is 1. The highest BCUT2D eigenvalue weighted by Gasteiger charge is 2.14. The zero-order chi connectivity index (χ0) is 14.5. The van der Waals surface area contributed by atoms with Crippen LogP contribution in [0.2, 0.25) is 0 Å². The number of amides is 1. The van der Waals surface area contributed by atoms with Crippen LogP contribution in [0.5, 0.6) is 5.75 Å². The van der Waals surface area contributed by atoms with E-state index in [2.05, 4.69) is 10.3 Å². The summed E-state index contributed by atoms with van der Waals surface area (Å²) in [5, 5.41) is 2.63. The van der Waals surface area contributed by atoms with Crippen LogP contribution in [0.3, 0.4) is 0 Å². The number of methoxy groups -OCH3 is 1. The molecule has 1 aromatic carbocycles. The second-order valence-corrected chi connectivity index (χ2v) is 4.75. The number of fused-ring (bicyclic) bond motifs is 1. The summed E-state index contributed by atoms with van der Waals surface area (Å²) in [6.07, 6.45) is 1.07. The normalized spacial score (nSPS) is 10.8. The molecule has 0 aliphatic heterocycles. The lowest BCUT2D eigenvalue weighted by molar-refractivity contribution is -0.120. The molecule has 1 amide bonds. The Kier molecular flexibility index (Phi) is 4.84. The van der Waals surface area contributed by atoms with Gasteiger partial charge < -0.3 is 14.6 Å². The Labute approximate surface area is 122 Å². The number of carbonyl (C=O) groups excluding carboxylic acids is 1. The number of halogens is 1. The predicted molar refractivity (Wildman–Crippen MR) is 79.4 cm³/mol. The van der Waals surface area contributed by atoms with E-state index in [0.29, 0.717) is 25.3 Å². The van der Waals surface area contributed by atoms with Crippen molar-refractivity contribution in [1.29, 1.82) is 0 Å². The van der Waals surface area contributed by atoms with Gasteiger partial charge in [0.25, 0.3) is 0 Å². The maximum Gasteiger partial charge on any atom is 0.221 e. The average Bonchev–Trinajstić information content (AvgIpc) is 2.82. The fourth-order valence-corrected chi connectivity index (χ4v) is 2.37. The molecule has 2 rings (SSSR count). The Morgan fingerprint density at radius 1 is 1.50 bits per heavy atom. The molecular weight excluding hydrogens is 278 g/mol. The fourth-order valence-electron chi connectivity index (χ4n) is 2.20. The van der Waals surface area contributed by atoms with Crippen LogP contribution >= 0.6 is 11.6 Å². The maximum atomic E-state index is 11.4. The summed E-state index contributed by atoms with van der Waals surface area (Å²) in [6.45, 7) is 0.579. The molecule has 1 heterocycles. The highest BCUT2D eigenvalue weighted by atomic mass is 35.5. The largest absolute Gasteiger partial charge is 0.494 e. The highest BCUT2D eigenvalue weighted by molar-refractivity contribution is 6.17. The van der Waals surface area contributed by atoms with E-state index in [1.165, 1.54) is 0 Å². The van der Waals surface area contributed by atoms with Gasteiger partial charge in [-0.15, -0.1) is 11.6 Å². The number of nitrogens with one attached hydrogen (secondary N) is 1. The number of imidazole rings is 1. The zero-order valence-electron chi connectivity index (χ0n) is 11.6. The molecule has 6 heteroatoms. The number of ether oxygens (including phenoxy) is 1. The van der Waals surface area contributed by atoms with E-state index >= 15 is 0 Å². The van der Waals surface area contributed by atoms with Gasteiger partial charge in [-0.25, -0.2) is 4.98 Å². The summed E-state index contributed by atoms with van der Waals surface area (Å²) in [7, 11) is 3.26. The number of hydrogen-bond acceptors (Lipinski definition) is 3. The molecule has 2 aromatic rings. The van der Waals surface area contributed by atoms with Crippen molar-refractivity contribution in [2.24, 2.45) is 0 Å². The Hall–Kier alpha value is -1.75. The van der Waals surface area contributed by atoms with Crippen molar-refractivity contribution in [3.63, 3.8) is 0 Å². The number of rotatable bonds is 6. The summed E-state index contributed by atoms with van der Waals surface area (Å²) >= 11 is 5.84. The third-order valence-electron chi connectivity index (χ3n) is 3.20. The molecule has 0 bridgehead atoms. The first-order chi connectivity index (χ1) is 9.71. The number of hydrogen-bond donors (Lipinski definition) is 1. The summed E-state index contributed by atoms with van der Waals surface area (Å²) in [6, 6.07) is 5.78. The average molecular weight is 296 g/mol. The molecule has 1 N–H and O–H groups in total. The molecule has 1 aromatic heterocycles. The van der Waals surface area contributed by atoms with Gasteiger partial charge in [-0.1, -0.05) is 6.07 Å². The minimum absolute atomic E-state index is 0.00608. The Balaban J connectivity index is 2.43. The predicted octanol–water partition coefficient (Wildman–Crippen LogP) is 1.96. The molecule has 108 valence electrons. The van der Waals surface area contributed by atoms with Crippen LogP contribution in [0.4, 0.5) is 0 Å². The van der Waals surface area contributed by atoms with E-state index in [0.717, 1.165) is 22.6 Å². The van der Waals surface area contributed by atoms with Crippen molar-refractivity contribution in [3.8, 4) is 5.75 Å². The van der Waals surface area contributed by atoms with Gasteiger partial charge in [0, 0.05) is 32.3 Å². The van der Waals surface area contributed by atoms with Crippen LogP contribution in [-0.2, 0) is 17.8 Å². The first-order valence-electron chi connectivity index (χ1n) is 6.50. The van der Waals surface area contributed by atoms with Gasteiger partial charge in [0.15, 0.2) is 0 Å². The van der Waals surface area contributed by atoms with E-state index in [9.17, 15) is 4.79 Å². The van der Waals surface area contributed by atoms with Gasteiger partial charge in [-0.05, 0) is 12.1 Å². The highest BCUT2D eigenvalue weighted by Crippen LogP contribution is 2.26. The Bertz CT molecular complexity index is 610. The molecule has 5 nitrogen and oxygen atoms in total. The minimum atomic E-state index is 0.00608. The van der Waals surface area contributed by atoms with E-state index in [-0.39, 0.29) is 5.91 Å². The van der Waals surface area contributed by atoms with Gasteiger partial charge in [0.1, 0.15) is 17.1 Å². The quantitative estimate of drug-likeness (QED) is 0.829. The van der Waals surface area contributed by atoms with Crippen LogP contribution in [0.25, 0.3) is 11.0 Å². The zero-order valence-corrected chi connectivity index (χ0v) is 12.4. The fraction of sp³-hybridized carbons (Fsp3) is 0.429. The third kappa shape index (κ3) is 2.88. The molecule has 20 heavy (non-hydrogen) atoms. The summed E-state index contributed by atoms with van der Waals surface area (Å²) in [4.78, 5) is 16.0. The molecule has 0 radical (unpaired) electrons. The van der Waals surface area contributed by atoms with Gasteiger partial charge in [0.2, 0.25) is 5.91 Å². The van der Waals surface area contributed by atoms with Gasteiger partial charge in [0.05, 0.1) is 12.6 Å². The Morgan fingerprint density at radius 2 is 2.30 bits per heavy atom. The number of nitrogens with zero attached hydrogens (tertiary/aromatic N) is 2. The van der Waals surface area contributed by atoms with E-state index in [4.69, 9.17) is 16.3 Å². The molecule has 0 aliphatic carbocycles. The number of para-hydroxylation sites is 1. The number of alkyl halides is 1. The summed E-state index contributed by atoms with van der Waals surface area (Å²) in [5.74, 6) is 2.11. The summed E-state index contributed by atoms with van der Waals surface area (Å²) in [5.41, 5.74) is 1.78. The first-order valence-corrected chi connectivity index (χ1v) is 7.03. The van der Waals surface area contributed by atoms with E-state index in [1.807, 2.05) is 22.8 Å². The van der Waals surface area contributed by atoms with Crippen LogP contribution in [0.15, 0.2) is 18.2 Å². The molecule has 0 saturated carbocycles. The second-order valence-electron chi connectivity index (χ2n) is 4.37. The molecule has 0 unspecified atom stereocenters. The van der Waals surface area contributed by atoms with Crippen LogP contribution < -0.4 is 10.1 Å². The van der Waals surface area contributed by atoms with Crippen LogP contribution in [0.1, 0.15) is 12.2 Å². The SMILES string of the molecule is CNC(=O)CCn1c(CCCl)nc2c(OC)cccc21. The van der Waals surface area contributed by atoms with Crippen LogP contribution in [0, 0.1) is 0 Å². The first kappa shape index (κ1) is 14.7. The number of aromatic nitrogens is 2. The molecule has 0 fully saturated rings. The number of carbonyl (C=O) groups is 1. The minimum Gasteiger partial charge on any atom is -0.494 e. The van der Waals surface area contributed by atoms with E-state index < -0.39 is 0 Å². The van der Waals surface area contributed by atoms with E-state index in [1.54, 1.807) is 14.2 Å². The summed E-state index contributed by atoms with van der Waals surface area (Å²) < 4.78 is 7.37. The lowest BCUT2D eigenvalue weighted by atomic mass is 10.3. The lowest BCUT2D eigenvalue weighted by Gasteiger charge is -2.08. The van der Waals surface area contributed by atoms with Gasteiger partial charge in [-0.2, -0.15) is 0 Å². The maximum absolute atomic E-state index is 11.4. The van der Waals surface area contributed by atoms with Crippen molar-refractivity contribution in [2.75, 3.05) is 20.0 Å².